The van der Waals surface area contributed by atoms with E-state index in [1.54, 1.807) is 4.57 Å². The Hall–Kier alpha value is -3.06. The molecule has 3 fully saturated rings. The number of anilines is 2. The molecule has 2 aliphatic heterocycles. The van der Waals surface area contributed by atoms with Gasteiger partial charge in [-0.25, -0.2) is 24.3 Å². The summed E-state index contributed by atoms with van der Waals surface area (Å²) in [6.07, 6.45) is -1.43. The number of fused-ring (bicyclic) bond motifs is 4. The van der Waals surface area contributed by atoms with Gasteiger partial charge in [0.1, 0.15) is 37.3 Å². The number of alkyl halides is 1. The summed E-state index contributed by atoms with van der Waals surface area (Å²) in [4.78, 5) is 46.1. The maximum Gasteiger partial charge on any atom is 0.697 e. The number of imidazole rings is 2. The molecule has 0 amide bonds. The van der Waals surface area contributed by atoms with Crippen LogP contribution in [0.2, 0.25) is 0 Å². The molecule has 0 bridgehead atoms. The van der Waals surface area contributed by atoms with E-state index in [1.165, 1.54) is 23.5 Å². The zero-order valence-corrected chi connectivity index (χ0v) is 24.5. The number of aromatic nitrogens is 8. The van der Waals surface area contributed by atoms with Gasteiger partial charge in [-0.3, -0.25) is 18.9 Å². The van der Waals surface area contributed by atoms with Gasteiger partial charge in [-0.1, -0.05) is 0 Å². The van der Waals surface area contributed by atoms with Gasteiger partial charge in [-0.05, 0) is 24.1 Å². The highest BCUT2D eigenvalue weighted by Crippen LogP contribution is 2.53. The first-order chi connectivity index (χ1) is 20.6. The van der Waals surface area contributed by atoms with Gasteiger partial charge in [-0.15, -0.1) is 9.05 Å². The van der Waals surface area contributed by atoms with Crippen LogP contribution in [0.15, 0.2) is 23.8 Å². The fraction of sp³-hybridized carbons (Fsp3) is 0.524. The molecule has 2 unspecified atom stereocenters. The number of halogens is 1. The van der Waals surface area contributed by atoms with Gasteiger partial charge in [-0.2, -0.15) is 4.98 Å². The van der Waals surface area contributed by atoms with Crippen molar-refractivity contribution in [3.05, 3.63) is 29.3 Å². The van der Waals surface area contributed by atoms with E-state index in [0.29, 0.717) is 6.42 Å². The Balaban J connectivity index is 1.12. The minimum absolute atomic E-state index is 0.0487. The zero-order chi connectivity index (χ0) is 30.0. The van der Waals surface area contributed by atoms with Crippen LogP contribution < -0.4 is 17.0 Å². The van der Waals surface area contributed by atoms with Crippen molar-refractivity contribution in [1.82, 2.24) is 39.0 Å². The van der Waals surface area contributed by atoms with Crippen molar-refractivity contribution < 1.29 is 36.7 Å². The van der Waals surface area contributed by atoms with Crippen molar-refractivity contribution >= 4 is 60.9 Å². The lowest BCUT2D eigenvalue weighted by atomic mass is 9.70. The highest BCUT2D eigenvalue weighted by Gasteiger charge is 2.52. The second kappa shape index (κ2) is 10.8. The van der Waals surface area contributed by atoms with Gasteiger partial charge in [0.2, 0.25) is 5.95 Å². The number of hydrogen-bond acceptors (Lipinski definition) is 15. The molecule has 22 heteroatoms. The molecular weight excluding hydrogens is 633 g/mol. The largest absolute Gasteiger partial charge is 0.697 e. The van der Waals surface area contributed by atoms with E-state index in [0.717, 1.165) is 0 Å². The molecular formula is C21H24FN10O8P2S+. The second-order valence-corrected chi connectivity index (χ2v) is 14.0. The summed E-state index contributed by atoms with van der Waals surface area (Å²) >= 11 is 5.24. The Morgan fingerprint density at radius 2 is 1.86 bits per heavy atom. The van der Waals surface area contributed by atoms with E-state index in [4.69, 9.17) is 46.1 Å². The van der Waals surface area contributed by atoms with Crippen molar-refractivity contribution in [3.63, 3.8) is 0 Å². The quantitative estimate of drug-likeness (QED) is 0.218. The fourth-order valence-electron chi connectivity index (χ4n) is 5.65. The number of hydrogen-bond donors (Lipinski definition) is 4. The molecule has 228 valence electrons. The molecule has 0 radical (unpaired) electrons. The molecule has 6 heterocycles. The van der Waals surface area contributed by atoms with Gasteiger partial charge in [0.25, 0.3) is 5.56 Å². The fourth-order valence-corrected chi connectivity index (χ4v) is 7.77. The molecule has 18 nitrogen and oxygen atoms in total. The van der Waals surface area contributed by atoms with Crippen LogP contribution in [0.5, 0.6) is 0 Å². The van der Waals surface area contributed by atoms with E-state index in [2.05, 4.69) is 29.9 Å². The molecule has 4 aromatic rings. The highest BCUT2D eigenvalue weighted by atomic mass is 32.5. The van der Waals surface area contributed by atoms with Crippen molar-refractivity contribution in [2.75, 3.05) is 31.3 Å². The average molecular weight is 657 g/mol. The number of nitrogen functional groups attached to an aromatic ring is 2. The summed E-state index contributed by atoms with van der Waals surface area (Å²) in [5.41, 5.74) is 11.9. The van der Waals surface area contributed by atoms with Crippen LogP contribution in [0.4, 0.5) is 16.2 Å². The lowest BCUT2D eigenvalue weighted by Gasteiger charge is -2.44. The average Bonchev–Trinajstić information content (AvgIpc) is 3.63. The third-order valence-electron chi connectivity index (χ3n) is 7.80. The first kappa shape index (κ1) is 28.7. The van der Waals surface area contributed by atoms with E-state index < -0.39 is 51.7 Å². The van der Waals surface area contributed by atoms with E-state index >= 15 is 4.39 Å². The maximum atomic E-state index is 15.9. The molecule has 43 heavy (non-hydrogen) atoms. The first-order valence-electron chi connectivity index (χ1n) is 12.9. The molecule has 1 saturated carbocycles. The van der Waals surface area contributed by atoms with Crippen molar-refractivity contribution in [2.24, 2.45) is 11.8 Å². The number of nitrogens with one attached hydrogen (secondary N) is 1. The van der Waals surface area contributed by atoms with Crippen LogP contribution in [0.25, 0.3) is 22.3 Å². The van der Waals surface area contributed by atoms with Crippen LogP contribution in [0.1, 0.15) is 18.7 Å². The van der Waals surface area contributed by atoms with Crippen LogP contribution in [0.3, 0.4) is 0 Å². The molecule has 7 rings (SSSR count). The Labute approximate surface area is 246 Å². The number of nitrogens with zero attached hydrogens (tertiary/aromatic N) is 7. The lowest BCUT2D eigenvalue weighted by Crippen LogP contribution is -2.43. The van der Waals surface area contributed by atoms with Crippen LogP contribution in [-0.4, -0.2) is 82.1 Å². The summed E-state index contributed by atoms with van der Waals surface area (Å²) in [6.45, 7) is -4.56. The third kappa shape index (κ3) is 5.11. The Morgan fingerprint density at radius 1 is 1.09 bits per heavy atom. The predicted molar refractivity (Wildman–Crippen MR) is 149 cm³/mol. The number of nitrogens with two attached hydrogens (primary N) is 2. The van der Waals surface area contributed by atoms with Gasteiger partial charge in [0, 0.05) is 16.5 Å². The predicted octanol–water partition coefficient (Wildman–Crippen LogP) is 0.859. The van der Waals surface area contributed by atoms with Crippen molar-refractivity contribution in [1.29, 1.82) is 0 Å². The smallest absolute Gasteiger partial charge is 0.382 e. The molecule has 9 atom stereocenters. The normalized spacial score (nSPS) is 34.6. The van der Waals surface area contributed by atoms with Crippen LogP contribution >= 0.6 is 15.0 Å². The van der Waals surface area contributed by atoms with Gasteiger partial charge < -0.3 is 30.2 Å². The van der Waals surface area contributed by atoms with Gasteiger partial charge >= 0.3 is 15.0 Å². The Morgan fingerprint density at radius 3 is 2.70 bits per heavy atom. The van der Waals surface area contributed by atoms with Crippen molar-refractivity contribution in [3.8, 4) is 0 Å². The SMILES string of the molecule is Nc1nc2c(ncn2[C@@H]2C[C@@H]3COP(O)(=S)O[C@H]4[C@@H](F)[C@H](n5cnc6c(N)ncnc65)O[C@@H]4CO[P+](=O)OC[C@H]32)c(=O)[nH]1. The standard InChI is InChI=1S/C21H23FN10O8P2S/c22-12-15-11(39-20(12)32-7-27-13-16(23)25-5-26-17(13)32)4-37-41(34)36-3-9-8(2-38-42(35,43)40-15)1-10(9)31-6-28-14-18(31)29-21(24)30-19(14)33/h5-12,15,20H,1-4H2,(H5-,23,24,25,26,29,30,33,35,43)/p+1/t8-,9-,10-,11-,12-,15-,20-,42?/m1/s1. The first-order valence-corrected chi connectivity index (χ1v) is 16.6. The minimum atomic E-state index is -4.02. The monoisotopic (exact) mass is 657 g/mol. The number of rotatable bonds is 2. The third-order valence-corrected chi connectivity index (χ3v) is 10.1. The summed E-state index contributed by atoms with van der Waals surface area (Å²) in [5, 5.41) is 0. The second-order valence-electron chi connectivity index (χ2n) is 10.2. The molecule has 3 aliphatic rings. The summed E-state index contributed by atoms with van der Waals surface area (Å²) in [6, 6.07) is -0.292. The molecule has 1 aliphatic carbocycles. The molecule has 0 spiro atoms. The number of ether oxygens (including phenoxy) is 1. The van der Waals surface area contributed by atoms with Gasteiger partial charge in [0.05, 0.1) is 19.3 Å². The number of aromatic amines is 1. The maximum absolute atomic E-state index is 15.9. The molecule has 4 aromatic heterocycles. The van der Waals surface area contributed by atoms with Crippen LogP contribution in [0, 0.1) is 11.8 Å². The van der Waals surface area contributed by atoms with Crippen LogP contribution in [-0.2, 0) is 39.2 Å². The summed E-state index contributed by atoms with van der Waals surface area (Å²) in [7, 11) is -2.68. The van der Waals surface area contributed by atoms with E-state index in [-0.39, 0.29) is 65.2 Å². The summed E-state index contributed by atoms with van der Waals surface area (Å²) in [5.74, 6) is -0.564. The molecule has 2 saturated heterocycles. The number of H-pyrrole nitrogens is 1. The lowest BCUT2D eigenvalue weighted by molar-refractivity contribution is -0.0409. The highest BCUT2D eigenvalue weighted by molar-refractivity contribution is 8.07. The molecule has 0 aromatic carbocycles. The zero-order valence-electron chi connectivity index (χ0n) is 21.9. The van der Waals surface area contributed by atoms with Gasteiger partial charge in [0.15, 0.2) is 35.0 Å². The van der Waals surface area contributed by atoms with E-state index in [1.807, 2.05) is 0 Å². The topological polar surface area (TPSA) is 243 Å². The minimum Gasteiger partial charge on any atom is -0.382 e. The Bertz CT molecular complexity index is 1840. The van der Waals surface area contributed by atoms with E-state index in [9.17, 15) is 14.3 Å². The summed E-state index contributed by atoms with van der Waals surface area (Å²) < 4.78 is 59.8. The van der Waals surface area contributed by atoms with Crippen molar-refractivity contribution in [2.45, 2.75) is 37.1 Å². The Kier molecular flexibility index (Phi) is 7.23. The molecule has 6 N–H and O–H groups in total.